The summed E-state index contributed by atoms with van der Waals surface area (Å²) in [5.41, 5.74) is 12.6. The van der Waals surface area contributed by atoms with E-state index in [0.717, 1.165) is 25.7 Å². The fraction of sp³-hybridized carbons (Fsp3) is 0.500. The molecule has 0 heterocycles. The fourth-order valence-electron chi connectivity index (χ4n) is 2.42. The van der Waals surface area contributed by atoms with E-state index in [9.17, 15) is 4.79 Å². The van der Waals surface area contributed by atoms with Crippen molar-refractivity contribution in [3.05, 3.63) is 23.8 Å². The van der Waals surface area contributed by atoms with Crippen LogP contribution in [0.4, 0.5) is 5.69 Å². The number of nitrogens with one attached hydrogen (secondary N) is 1. The van der Waals surface area contributed by atoms with E-state index in [1.807, 2.05) is 0 Å². The maximum atomic E-state index is 12.2. The Balaban J connectivity index is 2.03. The number of nitrogens with two attached hydrogens (primary N) is 2. The molecule has 2 rings (SSSR count). The van der Waals surface area contributed by atoms with Crippen molar-refractivity contribution in [3.8, 4) is 5.75 Å². The molecule has 1 fully saturated rings. The van der Waals surface area contributed by atoms with E-state index >= 15 is 0 Å². The van der Waals surface area contributed by atoms with Gasteiger partial charge in [0.25, 0.3) is 5.91 Å². The van der Waals surface area contributed by atoms with Gasteiger partial charge >= 0.3 is 0 Å². The molecule has 5 nitrogen and oxygen atoms in total. The predicted octanol–water partition coefficient (Wildman–Crippen LogP) is 1.28. The van der Waals surface area contributed by atoms with Gasteiger partial charge in [0.2, 0.25) is 0 Å². The van der Waals surface area contributed by atoms with E-state index in [0.29, 0.717) is 17.0 Å². The number of hydrogen-bond acceptors (Lipinski definition) is 4. The lowest BCUT2D eigenvalue weighted by Crippen LogP contribution is -2.40. The van der Waals surface area contributed by atoms with E-state index in [1.54, 1.807) is 18.2 Å². The fourth-order valence-corrected chi connectivity index (χ4v) is 2.42. The van der Waals surface area contributed by atoms with Crippen molar-refractivity contribution in [2.75, 3.05) is 12.8 Å². The molecule has 0 atom stereocenters. The first-order valence-corrected chi connectivity index (χ1v) is 6.60. The van der Waals surface area contributed by atoms with Crippen LogP contribution in [0.15, 0.2) is 18.2 Å². The zero-order chi connectivity index (χ0) is 13.8. The largest absolute Gasteiger partial charge is 0.496 e. The maximum Gasteiger partial charge on any atom is 0.255 e. The molecule has 1 amide bonds. The number of methoxy groups -OCH3 is 1. The molecular weight excluding hydrogens is 242 g/mol. The van der Waals surface area contributed by atoms with Crippen LogP contribution in [0.1, 0.15) is 36.0 Å². The molecule has 0 aromatic heterocycles. The first kappa shape index (κ1) is 13.7. The van der Waals surface area contributed by atoms with E-state index in [1.165, 1.54) is 7.11 Å². The zero-order valence-corrected chi connectivity index (χ0v) is 11.2. The Morgan fingerprint density at radius 1 is 1.32 bits per heavy atom. The third kappa shape index (κ3) is 3.38. The minimum absolute atomic E-state index is 0.114. The predicted molar refractivity (Wildman–Crippen MR) is 75.1 cm³/mol. The van der Waals surface area contributed by atoms with Gasteiger partial charge in [0.15, 0.2) is 0 Å². The van der Waals surface area contributed by atoms with Gasteiger partial charge in [-0.1, -0.05) is 0 Å². The normalized spacial score (nSPS) is 22.8. The summed E-state index contributed by atoms with van der Waals surface area (Å²) in [4.78, 5) is 12.2. The summed E-state index contributed by atoms with van der Waals surface area (Å²) < 4.78 is 5.19. The SMILES string of the molecule is COc1cc(N)ccc1C(=O)NC1CCC(N)CC1. The zero-order valence-electron chi connectivity index (χ0n) is 11.2. The van der Waals surface area contributed by atoms with Gasteiger partial charge < -0.3 is 21.5 Å². The van der Waals surface area contributed by atoms with Crippen LogP contribution < -0.4 is 21.5 Å². The standard InChI is InChI=1S/C14H21N3O2/c1-19-13-8-10(16)4-7-12(13)14(18)17-11-5-2-9(15)3-6-11/h4,7-9,11H,2-3,5-6,15-16H2,1H3,(H,17,18). The Kier molecular flexibility index (Phi) is 4.27. The summed E-state index contributed by atoms with van der Waals surface area (Å²) in [7, 11) is 1.53. The minimum atomic E-state index is -0.114. The third-order valence-electron chi connectivity index (χ3n) is 3.58. The molecule has 0 radical (unpaired) electrons. The van der Waals surface area contributed by atoms with Crippen molar-refractivity contribution in [1.29, 1.82) is 0 Å². The van der Waals surface area contributed by atoms with Crippen LogP contribution in [-0.4, -0.2) is 25.1 Å². The molecule has 0 spiro atoms. The molecule has 1 aliphatic rings. The first-order valence-electron chi connectivity index (χ1n) is 6.60. The van der Waals surface area contributed by atoms with Gasteiger partial charge in [-0.25, -0.2) is 0 Å². The smallest absolute Gasteiger partial charge is 0.255 e. The number of carbonyl (C=O) groups is 1. The number of rotatable bonds is 3. The van der Waals surface area contributed by atoms with Crippen molar-refractivity contribution in [1.82, 2.24) is 5.32 Å². The molecule has 0 saturated heterocycles. The number of anilines is 1. The summed E-state index contributed by atoms with van der Waals surface area (Å²) in [6.45, 7) is 0. The Morgan fingerprint density at radius 2 is 2.00 bits per heavy atom. The number of hydrogen-bond donors (Lipinski definition) is 3. The summed E-state index contributed by atoms with van der Waals surface area (Å²) in [6, 6.07) is 5.53. The third-order valence-corrected chi connectivity index (χ3v) is 3.58. The van der Waals surface area contributed by atoms with Crippen LogP contribution in [0, 0.1) is 0 Å². The maximum absolute atomic E-state index is 12.2. The van der Waals surface area contributed by atoms with Gasteiger partial charge in [0.1, 0.15) is 5.75 Å². The van der Waals surface area contributed by atoms with E-state index in [-0.39, 0.29) is 18.0 Å². The molecular formula is C14H21N3O2. The van der Waals surface area contributed by atoms with E-state index in [2.05, 4.69) is 5.32 Å². The molecule has 0 aliphatic heterocycles. The quantitative estimate of drug-likeness (QED) is 0.716. The Morgan fingerprint density at radius 3 is 2.63 bits per heavy atom. The summed E-state index contributed by atoms with van der Waals surface area (Å²) in [5, 5.41) is 3.03. The van der Waals surface area contributed by atoms with E-state index < -0.39 is 0 Å². The second-order valence-corrected chi connectivity index (χ2v) is 5.04. The number of carbonyl (C=O) groups excluding carboxylic acids is 1. The second-order valence-electron chi connectivity index (χ2n) is 5.04. The van der Waals surface area contributed by atoms with Crippen LogP contribution in [0.25, 0.3) is 0 Å². The molecule has 1 aliphatic carbocycles. The topological polar surface area (TPSA) is 90.4 Å². The van der Waals surface area contributed by atoms with Crippen LogP contribution in [0.3, 0.4) is 0 Å². The monoisotopic (exact) mass is 263 g/mol. The highest BCUT2D eigenvalue weighted by molar-refractivity contribution is 5.97. The van der Waals surface area contributed by atoms with Crippen molar-refractivity contribution < 1.29 is 9.53 Å². The van der Waals surface area contributed by atoms with Crippen molar-refractivity contribution in [3.63, 3.8) is 0 Å². The Hall–Kier alpha value is -1.75. The van der Waals surface area contributed by atoms with Crippen LogP contribution in [0.5, 0.6) is 5.75 Å². The van der Waals surface area contributed by atoms with Crippen LogP contribution >= 0.6 is 0 Å². The van der Waals surface area contributed by atoms with Gasteiger partial charge in [-0.2, -0.15) is 0 Å². The lowest BCUT2D eigenvalue weighted by atomic mass is 9.91. The van der Waals surface area contributed by atoms with Gasteiger partial charge in [-0.15, -0.1) is 0 Å². The van der Waals surface area contributed by atoms with Crippen LogP contribution in [-0.2, 0) is 0 Å². The van der Waals surface area contributed by atoms with Gasteiger partial charge in [-0.05, 0) is 37.8 Å². The molecule has 19 heavy (non-hydrogen) atoms. The van der Waals surface area contributed by atoms with Crippen molar-refractivity contribution in [2.24, 2.45) is 5.73 Å². The number of ether oxygens (including phenoxy) is 1. The van der Waals surface area contributed by atoms with Crippen molar-refractivity contribution in [2.45, 2.75) is 37.8 Å². The van der Waals surface area contributed by atoms with Gasteiger partial charge in [0.05, 0.1) is 12.7 Å². The highest BCUT2D eigenvalue weighted by Crippen LogP contribution is 2.23. The molecule has 104 valence electrons. The van der Waals surface area contributed by atoms with E-state index in [4.69, 9.17) is 16.2 Å². The molecule has 5 N–H and O–H groups in total. The van der Waals surface area contributed by atoms with Gasteiger partial charge in [0, 0.05) is 23.8 Å². The average molecular weight is 263 g/mol. The number of nitrogen functional groups attached to an aromatic ring is 1. The molecule has 0 unspecified atom stereocenters. The Labute approximate surface area is 113 Å². The first-order chi connectivity index (χ1) is 9.10. The van der Waals surface area contributed by atoms with Gasteiger partial charge in [-0.3, -0.25) is 4.79 Å². The van der Waals surface area contributed by atoms with Crippen LogP contribution in [0.2, 0.25) is 0 Å². The molecule has 1 aromatic carbocycles. The molecule has 0 bridgehead atoms. The molecule has 1 saturated carbocycles. The molecule has 1 aromatic rings. The number of amides is 1. The number of benzene rings is 1. The Bertz CT molecular complexity index is 454. The highest BCUT2D eigenvalue weighted by Gasteiger charge is 2.21. The minimum Gasteiger partial charge on any atom is -0.496 e. The summed E-state index contributed by atoms with van der Waals surface area (Å²) >= 11 is 0. The lowest BCUT2D eigenvalue weighted by molar-refractivity contribution is 0.0923. The lowest BCUT2D eigenvalue weighted by Gasteiger charge is -2.27. The summed E-state index contributed by atoms with van der Waals surface area (Å²) in [6.07, 6.45) is 3.79. The molecule has 5 heteroatoms. The summed E-state index contributed by atoms with van der Waals surface area (Å²) in [5.74, 6) is 0.391. The van der Waals surface area contributed by atoms with Crippen molar-refractivity contribution >= 4 is 11.6 Å². The second kappa shape index (κ2) is 5.93. The average Bonchev–Trinajstić information content (AvgIpc) is 2.41. The highest BCUT2D eigenvalue weighted by atomic mass is 16.5.